The average Bonchev–Trinajstić information content (AvgIpc) is 2.97. The molecule has 3 N–H and O–H groups in total. The molecule has 142 valence electrons. The zero-order valence-corrected chi connectivity index (χ0v) is 15.7. The summed E-state index contributed by atoms with van der Waals surface area (Å²) >= 11 is 6.10. The summed E-state index contributed by atoms with van der Waals surface area (Å²) in [6.45, 7) is 2.88. The Balaban J connectivity index is 1.87. The van der Waals surface area contributed by atoms with Gasteiger partial charge >= 0.3 is 0 Å². The molecule has 0 bridgehead atoms. The number of fused-ring (bicyclic) bond motifs is 1. The molecule has 0 radical (unpaired) electrons. The molecular formula is C19H21ClN4O3. The third-order valence-corrected chi connectivity index (χ3v) is 4.42. The second-order valence-corrected chi connectivity index (χ2v) is 6.62. The molecule has 2 aromatic carbocycles. The summed E-state index contributed by atoms with van der Waals surface area (Å²) in [7, 11) is 0. The van der Waals surface area contributed by atoms with E-state index in [1.165, 1.54) is 6.07 Å². The van der Waals surface area contributed by atoms with Crippen molar-refractivity contribution in [2.24, 2.45) is 0 Å². The number of phenolic OH excluding ortho intramolecular Hbond substituents is 1. The van der Waals surface area contributed by atoms with Gasteiger partial charge in [0.1, 0.15) is 17.7 Å². The first-order valence-corrected chi connectivity index (χ1v) is 9.11. The Morgan fingerprint density at radius 1 is 1.26 bits per heavy atom. The summed E-state index contributed by atoms with van der Waals surface area (Å²) in [5, 5.41) is 17.5. The number of aromatic hydroxyl groups is 1. The van der Waals surface area contributed by atoms with Crippen molar-refractivity contribution >= 4 is 46.5 Å². The number of hydrogen-bond acceptors (Lipinski definition) is 6. The Hall–Kier alpha value is -2.93. The van der Waals surface area contributed by atoms with E-state index >= 15 is 0 Å². The Morgan fingerprint density at radius 3 is 2.74 bits per heavy atom. The SMILES string of the molecule is CCCCN1c2ccc(Cl)cc2NN1c1ccc(NC(=O)CC=O)cc1O. The van der Waals surface area contributed by atoms with Gasteiger partial charge in [-0.1, -0.05) is 24.9 Å². The van der Waals surface area contributed by atoms with Gasteiger partial charge in [-0.25, -0.2) is 0 Å². The fraction of sp³-hybridized carbons (Fsp3) is 0.263. The van der Waals surface area contributed by atoms with Gasteiger partial charge in [0, 0.05) is 23.3 Å². The second kappa shape index (κ2) is 8.18. The number of amides is 1. The van der Waals surface area contributed by atoms with E-state index in [9.17, 15) is 14.7 Å². The van der Waals surface area contributed by atoms with Crippen molar-refractivity contribution in [3.8, 4) is 5.75 Å². The molecule has 7 nitrogen and oxygen atoms in total. The van der Waals surface area contributed by atoms with Crippen molar-refractivity contribution in [2.45, 2.75) is 26.2 Å². The summed E-state index contributed by atoms with van der Waals surface area (Å²) in [6, 6.07) is 10.4. The number of hydrogen-bond donors (Lipinski definition) is 3. The number of anilines is 4. The fourth-order valence-corrected chi connectivity index (χ4v) is 3.06. The number of rotatable bonds is 7. The first-order chi connectivity index (χ1) is 13.0. The van der Waals surface area contributed by atoms with Crippen LogP contribution in [0.15, 0.2) is 36.4 Å². The molecule has 0 saturated heterocycles. The molecule has 0 aromatic heterocycles. The minimum Gasteiger partial charge on any atom is -0.506 e. The van der Waals surface area contributed by atoms with Crippen LogP contribution in [0.1, 0.15) is 26.2 Å². The van der Waals surface area contributed by atoms with Crippen LogP contribution < -0.4 is 20.9 Å². The number of halogens is 1. The van der Waals surface area contributed by atoms with Crippen LogP contribution in [-0.2, 0) is 9.59 Å². The highest BCUT2D eigenvalue weighted by atomic mass is 35.5. The predicted octanol–water partition coefficient (Wildman–Crippen LogP) is 3.94. The topological polar surface area (TPSA) is 84.9 Å². The van der Waals surface area contributed by atoms with Crippen molar-refractivity contribution in [1.29, 1.82) is 0 Å². The van der Waals surface area contributed by atoms with Crippen molar-refractivity contribution in [1.82, 2.24) is 0 Å². The molecule has 3 rings (SSSR count). The lowest BCUT2D eigenvalue weighted by atomic mass is 10.2. The van der Waals surface area contributed by atoms with Gasteiger partial charge in [-0.3, -0.25) is 15.2 Å². The molecule has 0 spiro atoms. The molecular weight excluding hydrogens is 368 g/mol. The molecule has 1 aliphatic heterocycles. The highest BCUT2D eigenvalue weighted by molar-refractivity contribution is 6.31. The van der Waals surface area contributed by atoms with E-state index in [2.05, 4.69) is 17.7 Å². The van der Waals surface area contributed by atoms with Crippen LogP contribution >= 0.6 is 11.6 Å². The summed E-state index contributed by atoms with van der Waals surface area (Å²) in [5.41, 5.74) is 6.02. The van der Waals surface area contributed by atoms with E-state index in [4.69, 9.17) is 11.6 Å². The summed E-state index contributed by atoms with van der Waals surface area (Å²) in [5.74, 6) is -0.435. The standard InChI is InChI=1S/C19H21ClN4O3/c1-2-3-9-23-16-6-4-13(20)11-15(16)22-24(23)17-7-5-14(12-18(17)26)21-19(27)8-10-25/h4-7,10-12,22,26H,2-3,8-9H2,1H3,(H,21,27). The Labute approximate surface area is 162 Å². The third kappa shape index (κ3) is 4.09. The van der Waals surface area contributed by atoms with E-state index in [1.54, 1.807) is 17.3 Å². The normalized spacial score (nSPS) is 12.5. The van der Waals surface area contributed by atoms with Crippen LogP contribution in [0, 0.1) is 0 Å². The molecule has 2 aromatic rings. The summed E-state index contributed by atoms with van der Waals surface area (Å²) < 4.78 is 0. The van der Waals surface area contributed by atoms with Gasteiger partial charge in [-0.05, 0) is 36.8 Å². The number of carbonyl (C=O) groups excluding carboxylic acids is 2. The molecule has 27 heavy (non-hydrogen) atoms. The molecule has 0 unspecified atom stereocenters. The minimum atomic E-state index is -0.428. The Bertz CT molecular complexity index is 859. The summed E-state index contributed by atoms with van der Waals surface area (Å²) in [4.78, 5) is 22.0. The highest BCUT2D eigenvalue weighted by Crippen LogP contribution is 2.41. The predicted molar refractivity (Wildman–Crippen MR) is 107 cm³/mol. The van der Waals surface area contributed by atoms with Crippen LogP contribution in [0.3, 0.4) is 0 Å². The zero-order chi connectivity index (χ0) is 19.4. The van der Waals surface area contributed by atoms with E-state index < -0.39 is 5.91 Å². The Morgan fingerprint density at radius 2 is 2.04 bits per heavy atom. The molecule has 0 aliphatic carbocycles. The van der Waals surface area contributed by atoms with E-state index in [-0.39, 0.29) is 12.2 Å². The number of carbonyl (C=O) groups is 2. The highest BCUT2D eigenvalue weighted by Gasteiger charge is 2.29. The molecule has 1 aliphatic rings. The van der Waals surface area contributed by atoms with Gasteiger partial charge in [0.2, 0.25) is 5.91 Å². The zero-order valence-electron chi connectivity index (χ0n) is 14.9. The largest absolute Gasteiger partial charge is 0.506 e. The van der Waals surface area contributed by atoms with Crippen LogP contribution in [0.2, 0.25) is 5.02 Å². The molecule has 1 heterocycles. The summed E-state index contributed by atoms with van der Waals surface area (Å²) in [6.07, 6.45) is 2.31. The van der Waals surface area contributed by atoms with Crippen molar-refractivity contribution in [3.63, 3.8) is 0 Å². The molecule has 0 atom stereocenters. The fourth-order valence-electron chi connectivity index (χ4n) is 2.89. The van der Waals surface area contributed by atoms with Crippen molar-refractivity contribution in [3.05, 3.63) is 41.4 Å². The number of hydrazine groups is 2. The van der Waals surface area contributed by atoms with E-state index in [0.717, 1.165) is 30.8 Å². The van der Waals surface area contributed by atoms with Crippen molar-refractivity contribution < 1.29 is 14.7 Å². The van der Waals surface area contributed by atoms with E-state index in [1.807, 2.05) is 23.2 Å². The minimum absolute atomic E-state index is 0.00759. The number of nitrogens with one attached hydrogen (secondary N) is 2. The van der Waals surface area contributed by atoms with Crippen molar-refractivity contribution in [2.75, 3.05) is 27.4 Å². The quantitative estimate of drug-likeness (QED) is 0.492. The first kappa shape index (κ1) is 18.8. The number of unbranched alkanes of at least 4 members (excludes halogenated alkanes) is 1. The molecule has 0 saturated carbocycles. The van der Waals surface area contributed by atoms with E-state index in [0.29, 0.717) is 22.7 Å². The first-order valence-electron chi connectivity index (χ1n) is 8.73. The number of nitrogens with zero attached hydrogens (tertiary/aromatic N) is 2. The van der Waals surface area contributed by atoms with Gasteiger partial charge in [0.05, 0.1) is 17.8 Å². The number of aldehydes is 1. The smallest absolute Gasteiger partial charge is 0.231 e. The molecule has 8 heteroatoms. The number of phenols is 1. The van der Waals surface area contributed by atoms with Crippen LogP contribution in [0.5, 0.6) is 5.75 Å². The maximum Gasteiger partial charge on any atom is 0.231 e. The average molecular weight is 389 g/mol. The monoisotopic (exact) mass is 388 g/mol. The van der Waals surface area contributed by atoms with Gasteiger partial charge in [0.15, 0.2) is 0 Å². The van der Waals surface area contributed by atoms with Gasteiger partial charge in [-0.2, -0.15) is 5.12 Å². The van der Waals surface area contributed by atoms with Gasteiger partial charge in [0.25, 0.3) is 0 Å². The van der Waals surface area contributed by atoms with Gasteiger partial charge in [-0.15, -0.1) is 0 Å². The van der Waals surface area contributed by atoms with Crippen LogP contribution in [0.25, 0.3) is 0 Å². The number of benzene rings is 2. The maximum absolute atomic E-state index is 11.5. The lowest BCUT2D eigenvalue weighted by molar-refractivity contribution is -0.119. The maximum atomic E-state index is 11.5. The lowest BCUT2D eigenvalue weighted by Crippen LogP contribution is -2.42. The van der Waals surface area contributed by atoms with Gasteiger partial charge < -0.3 is 15.2 Å². The second-order valence-electron chi connectivity index (χ2n) is 6.18. The lowest BCUT2D eigenvalue weighted by Gasteiger charge is -2.31. The van der Waals surface area contributed by atoms with Crippen LogP contribution in [-0.4, -0.2) is 23.8 Å². The third-order valence-electron chi connectivity index (χ3n) is 4.18. The van der Waals surface area contributed by atoms with Crippen LogP contribution in [0.4, 0.5) is 22.7 Å². The molecule has 0 fully saturated rings. The molecule has 1 amide bonds. The Kier molecular flexibility index (Phi) is 5.71.